The quantitative estimate of drug-likeness (QED) is 0.754. The maximum absolute atomic E-state index is 12.1. The molecule has 0 aromatic heterocycles. The van der Waals surface area contributed by atoms with Gasteiger partial charge in [0, 0.05) is 33.2 Å². The summed E-state index contributed by atoms with van der Waals surface area (Å²) < 4.78 is 5.31. The van der Waals surface area contributed by atoms with Crippen LogP contribution in [-0.2, 0) is 9.53 Å². The van der Waals surface area contributed by atoms with Crippen LogP contribution in [0.1, 0.15) is 46.0 Å². The van der Waals surface area contributed by atoms with Crippen LogP contribution >= 0.6 is 0 Å². The lowest BCUT2D eigenvalue weighted by molar-refractivity contribution is -0.137. The van der Waals surface area contributed by atoms with Crippen LogP contribution in [0.25, 0.3) is 0 Å². The number of nitrogens with one attached hydrogen (secondary N) is 1. The fourth-order valence-corrected chi connectivity index (χ4v) is 2.50. The Hall–Kier alpha value is -1.30. The van der Waals surface area contributed by atoms with Crippen molar-refractivity contribution in [2.75, 3.05) is 26.7 Å². The second-order valence-electron chi connectivity index (χ2n) is 6.49. The third-order valence-electron chi connectivity index (χ3n) is 4.09. The molecule has 1 heterocycles. The Kier molecular flexibility index (Phi) is 6.95. The summed E-state index contributed by atoms with van der Waals surface area (Å²) >= 11 is 0. The summed E-state index contributed by atoms with van der Waals surface area (Å²) in [7, 11) is 1.68. The van der Waals surface area contributed by atoms with Crippen LogP contribution in [0.3, 0.4) is 0 Å². The van der Waals surface area contributed by atoms with Gasteiger partial charge in [-0.2, -0.15) is 0 Å². The predicted molar refractivity (Wildman–Crippen MR) is 80.3 cm³/mol. The summed E-state index contributed by atoms with van der Waals surface area (Å²) in [4.78, 5) is 24.5. The van der Waals surface area contributed by atoms with Crippen LogP contribution in [0.2, 0.25) is 0 Å². The van der Waals surface area contributed by atoms with Crippen LogP contribution in [0.5, 0.6) is 0 Å². The number of aliphatic carboxylic acids is 1. The summed E-state index contributed by atoms with van der Waals surface area (Å²) in [5.41, 5.74) is -0.0807. The number of hydrogen-bond acceptors (Lipinski definition) is 3. The minimum absolute atomic E-state index is 0.0502. The molecule has 21 heavy (non-hydrogen) atoms. The highest BCUT2D eigenvalue weighted by Gasteiger charge is 2.24. The Morgan fingerprint density at radius 1 is 1.38 bits per heavy atom. The molecule has 0 radical (unpaired) electrons. The van der Waals surface area contributed by atoms with Crippen molar-refractivity contribution >= 4 is 12.0 Å². The molecule has 1 rings (SSSR count). The molecule has 0 bridgehead atoms. The van der Waals surface area contributed by atoms with Crippen molar-refractivity contribution < 1.29 is 19.4 Å². The average Bonchev–Trinajstić information content (AvgIpc) is 2.45. The minimum Gasteiger partial charge on any atom is -0.481 e. The third kappa shape index (κ3) is 6.80. The Balaban J connectivity index is 2.27. The van der Waals surface area contributed by atoms with Crippen LogP contribution in [0.15, 0.2) is 0 Å². The molecule has 0 aromatic carbocycles. The summed E-state index contributed by atoms with van der Waals surface area (Å²) in [6.45, 7) is 6.05. The van der Waals surface area contributed by atoms with E-state index in [9.17, 15) is 9.59 Å². The Labute approximate surface area is 126 Å². The first kappa shape index (κ1) is 17.8. The average molecular weight is 300 g/mol. The number of carboxylic acids is 1. The SMILES string of the molecule is COC1CCCN(C(=O)NCCC(C)(C)CCC(=O)O)C1. The molecule has 0 aliphatic carbocycles. The number of carboxylic acid groups (broad SMARTS) is 1. The van der Waals surface area contributed by atoms with Crippen molar-refractivity contribution in [3.63, 3.8) is 0 Å². The summed E-state index contributed by atoms with van der Waals surface area (Å²) in [6.07, 6.45) is 3.67. The van der Waals surface area contributed by atoms with E-state index >= 15 is 0 Å². The predicted octanol–water partition coefficient (Wildman–Crippen LogP) is 2.09. The van der Waals surface area contributed by atoms with E-state index in [1.54, 1.807) is 12.0 Å². The van der Waals surface area contributed by atoms with Crippen molar-refractivity contribution in [2.24, 2.45) is 5.41 Å². The summed E-state index contributed by atoms with van der Waals surface area (Å²) in [6, 6.07) is -0.0502. The Morgan fingerprint density at radius 3 is 2.71 bits per heavy atom. The second kappa shape index (κ2) is 8.22. The fraction of sp³-hybridized carbons (Fsp3) is 0.867. The first-order chi connectivity index (χ1) is 9.84. The molecule has 1 saturated heterocycles. The van der Waals surface area contributed by atoms with Gasteiger partial charge in [0.05, 0.1) is 6.10 Å². The number of ether oxygens (including phenoxy) is 1. The number of carbonyl (C=O) groups is 2. The zero-order chi connectivity index (χ0) is 15.9. The first-order valence-corrected chi connectivity index (χ1v) is 7.61. The molecule has 2 N–H and O–H groups in total. The highest BCUT2D eigenvalue weighted by Crippen LogP contribution is 2.26. The zero-order valence-corrected chi connectivity index (χ0v) is 13.4. The normalized spacial score (nSPS) is 19.4. The van der Waals surface area contributed by atoms with E-state index in [-0.39, 0.29) is 24.0 Å². The maximum Gasteiger partial charge on any atom is 0.317 e. The highest BCUT2D eigenvalue weighted by atomic mass is 16.5. The third-order valence-corrected chi connectivity index (χ3v) is 4.09. The number of nitrogens with zero attached hydrogens (tertiary/aromatic N) is 1. The molecule has 1 fully saturated rings. The van der Waals surface area contributed by atoms with Gasteiger partial charge in [-0.15, -0.1) is 0 Å². The van der Waals surface area contributed by atoms with Gasteiger partial charge in [0.15, 0.2) is 0 Å². The molecular weight excluding hydrogens is 272 g/mol. The number of hydrogen-bond donors (Lipinski definition) is 2. The van der Waals surface area contributed by atoms with Gasteiger partial charge in [0.2, 0.25) is 0 Å². The monoisotopic (exact) mass is 300 g/mol. The van der Waals surface area contributed by atoms with E-state index in [4.69, 9.17) is 9.84 Å². The lowest BCUT2D eigenvalue weighted by Gasteiger charge is -2.32. The van der Waals surface area contributed by atoms with E-state index in [1.807, 2.05) is 13.8 Å². The lowest BCUT2D eigenvalue weighted by Crippen LogP contribution is -2.48. The van der Waals surface area contributed by atoms with Gasteiger partial charge in [-0.05, 0) is 31.1 Å². The Morgan fingerprint density at radius 2 is 2.10 bits per heavy atom. The summed E-state index contributed by atoms with van der Waals surface area (Å²) in [5, 5.41) is 11.6. The molecule has 1 aliphatic heterocycles. The molecule has 0 aromatic rings. The molecule has 2 amide bonds. The van der Waals surface area contributed by atoms with Crippen LogP contribution in [0, 0.1) is 5.41 Å². The second-order valence-corrected chi connectivity index (χ2v) is 6.49. The minimum atomic E-state index is -0.772. The standard InChI is InChI=1S/C15H28N2O4/c1-15(2,7-6-13(18)19)8-9-16-14(20)17-10-4-5-12(11-17)21-3/h12H,4-11H2,1-3H3,(H,16,20)(H,18,19). The molecule has 1 atom stereocenters. The first-order valence-electron chi connectivity index (χ1n) is 7.61. The van der Waals surface area contributed by atoms with Gasteiger partial charge in [0.25, 0.3) is 0 Å². The van der Waals surface area contributed by atoms with Gasteiger partial charge in [-0.25, -0.2) is 4.79 Å². The highest BCUT2D eigenvalue weighted by molar-refractivity contribution is 5.74. The van der Waals surface area contributed by atoms with Crippen LogP contribution in [0.4, 0.5) is 4.79 Å². The number of carbonyl (C=O) groups excluding carboxylic acids is 1. The molecule has 1 aliphatic rings. The topological polar surface area (TPSA) is 78.9 Å². The number of likely N-dealkylation sites (tertiary alicyclic amines) is 1. The van der Waals surface area contributed by atoms with E-state index < -0.39 is 5.97 Å². The van der Waals surface area contributed by atoms with Gasteiger partial charge in [0.1, 0.15) is 0 Å². The van der Waals surface area contributed by atoms with Crippen LogP contribution in [-0.4, -0.2) is 54.9 Å². The van der Waals surface area contributed by atoms with Gasteiger partial charge >= 0.3 is 12.0 Å². The molecule has 1 unspecified atom stereocenters. The lowest BCUT2D eigenvalue weighted by atomic mass is 9.84. The van der Waals surface area contributed by atoms with Crippen molar-refractivity contribution in [3.05, 3.63) is 0 Å². The van der Waals surface area contributed by atoms with E-state index in [0.29, 0.717) is 19.5 Å². The smallest absolute Gasteiger partial charge is 0.317 e. The fourth-order valence-electron chi connectivity index (χ4n) is 2.50. The van der Waals surface area contributed by atoms with Crippen molar-refractivity contribution in [1.29, 1.82) is 0 Å². The molecule has 0 spiro atoms. The van der Waals surface area contributed by atoms with E-state index in [2.05, 4.69) is 5.32 Å². The molecule has 6 heteroatoms. The molecule has 122 valence electrons. The maximum atomic E-state index is 12.1. The van der Waals surface area contributed by atoms with Gasteiger partial charge < -0.3 is 20.1 Å². The van der Waals surface area contributed by atoms with Crippen molar-refractivity contribution in [1.82, 2.24) is 10.2 Å². The Bertz CT molecular complexity index is 358. The number of methoxy groups -OCH3 is 1. The molecule has 0 saturated carbocycles. The van der Waals surface area contributed by atoms with Crippen LogP contribution < -0.4 is 5.32 Å². The molecule has 6 nitrogen and oxygen atoms in total. The van der Waals surface area contributed by atoms with Crippen molar-refractivity contribution in [2.45, 2.75) is 52.1 Å². The number of urea groups is 1. The molecular formula is C15H28N2O4. The van der Waals surface area contributed by atoms with Crippen molar-refractivity contribution in [3.8, 4) is 0 Å². The number of rotatable bonds is 7. The largest absolute Gasteiger partial charge is 0.481 e. The van der Waals surface area contributed by atoms with E-state index in [0.717, 1.165) is 25.8 Å². The number of amides is 2. The summed E-state index contributed by atoms with van der Waals surface area (Å²) in [5.74, 6) is -0.772. The zero-order valence-electron chi connectivity index (χ0n) is 13.4. The van der Waals surface area contributed by atoms with Gasteiger partial charge in [-0.3, -0.25) is 4.79 Å². The number of piperidine rings is 1. The van der Waals surface area contributed by atoms with Gasteiger partial charge in [-0.1, -0.05) is 13.8 Å². The van der Waals surface area contributed by atoms with E-state index in [1.165, 1.54) is 0 Å².